The Hall–Kier alpha value is -1.75. The van der Waals surface area contributed by atoms with E-state index in [9.17, 15) is 4.79 Å². The van der Waals surface area contributed by atoms with Crippen molar-refractivity contribution in [1.29, 1.82) is 0 Å². The van der Waals surface area contributed by atoms with Crippen LogP contribution in [0.3, 0.4) is 0 Å². The topological polar surface area (TPSA) is 56.8 Å². The smallest absolute Gasteiger partial charge is 0.251 e. The second-order valence-corrected chi connectivity index (χ2v) is 4.25. The maximum Gasteiger partial charge on any atom is 0.251 e. The van der Waals surface area contributed by atoms with Crippen LogP contribution in [0.15, 0.2) is 18.2 Å². The highest BCUT2D eigenvalue weighted by Crippen LogP contribution is 2.27. The van der Waals surface area contributed by atoms with Crippen LogP contribution in [0, 0.1) is 0 Å². The van der Waals surface area contributed by atoms with Crippen LogP contribution in [0.2, 0.25) is 0 Å². The average Bonchev–Trinajstić information content (AvgIpc) is 2.42. The molecule has 0 aliphatic rings. The molecule has 0 aliphatic heterocycles. The van der Waals surface area contributed by atoms with E-state index in [1.165, 1.54) is 7.11 Å². The van der Waals surface area contributed by atoms with Gasteiger partial charge in [0.2, 0.25) is 0 Å². The molecule has 0 saturated heterocycles. The normalized spacial score (nSPS) is 10.4. The van der Waals surface area contributed by atoms with Gasteiger partial charge in [0.05, 0.1) is 26.9 Å². The molecule has 0 unspecified atom stereocenters. The van der Waals surface area contributed by atoms with E-state index < -0.39 is 0 Å². The van der Waals surface area contributed by atoms with Crippen LogP contribution in [-0.2, 0) is 4.74 Å². The van der Waals surface area contributed by atoms with E-state index in [1.54, 1.807) is 25.3 Å². The lowest BCUT2D eigenvalue weighted by Crippen LogP contribution is -2.28. The molecule has 0 heterocycles. The van der Waals surface area contributed by atoms with Gasteiger partial charge in [-0.2, -0.15) is 0 Å². The molecule has 5 heteroatoms. The fourth-order valence-corrected chi connectivity index (χ4v) is 1.54. The summed E-state index contributed by atoms with van der Waals surface area (Å²) in [5.41, 5.74) is 0.530. The number of rotatable bonds is 7. The number of hydrogen-bond acceptors (Lipinski definition) is 4. The van der Waals surface area contributed by atoms with Gasteiger partial charge in [-0.25, -0.2) is 0 Å². The number of carbonyl (C=O) groups is 1. The summed E-state index contributed by atoms with van der Waals surface area (Å²) < 4.78 is 15.6. The first kappa shape index (κ1) is 15.3. The molecule has 0 saturated carbocycles. The molecule has 1 aromatic carbocycles. The Morgan fingerprint density at radius 3 is 2.47 bits per heavy atom. The Bertz CT molecular complexity index is 418. The van der Waals surface area contributed by atoms with Crippen molar-refractivity contribution in [1.82, 2.24) is 5.32 Å². The molecule has 0 fully saturated rings. The van der Waals surface area contributed by atoms with Gasteiger partial charge < -0.3 is 19.5 Å². The summed E-state index contributed by atoms with van der Waals surface area (Å²) in [6.45, 7) is 4.88. The molecule has 1 amide bonds. The van der Waals surface area contributed by atoms with Crippen molar-refractivity contribution < 1.29 is 19.0 Å². The second-order valence-electron chi connectivity index (χ2n) is 4.25. The Balaban J connectivity index is 2.57. The molecule has 1 N–H and O–H groups in total. The maximum atomic E-state index is 11.9. The molecule has 5 nitrogen and oxygen atoms in total. The fourth-order valence-electron chi connectivity index (χ4n) is 1.54. The van der Waals surface area contributed by atoms with Crippen molar-refractivity contribution >= 4 is 5.91 Å². The lowest BCUT2D eigenvalue weighted by molar-refractivity contribution is 0.0746. The van der Waals surface area contributed by atoms with E-state index in [-0.39, 0.29) is 12.0 Å². The van der Waals surface area contributed by atoms with Crippen LogP contribution in [0.5, 0.6) is 11.5 Å². The number of methoxy groups -OCH3 is 2. The first-order chi connectivity index (χ1) is 9.08. The molecule has 0 aliphatic carbocycles. The van der Waals surface area contributed by atoms with Crippen molar-refractivity contribution in [3.8, 4) is 11.5 Å². The van der Waals surface area contributed by atoms with E-state index in [2.05, 4.69) is 5.32 Å². The molecule has 19 heavy (non-hydrogen) atoms. The molecular formula is C14H21NO4. The molecule has 0 spiro atoms. The van der Waals surface area contributed by atoms with Gasteiger partial charge in [-0.1, -0.05) is 0 Å². The molecule has 1 aromatic rings. The number of hydrogen-bond donors (Lipinski definition) is 1. The zero-order chi connectivity index (χ0) is 14.3. The molecule has 0 aromatic heterocycles. The fraction of sp³-hybridized carbons (Fsp3) is 0.500. The third-order valence-electron chi connectivity index (χ3n) is 2.48. The Morgan fingerprint density at radius 1 is 1.21 bits per heavy atom. The average molecular weight is 267 g/mol. The highest BCUT2D eigenvalue weighted by molar-refractivity contribution is 5.94. The lowest BCUT2D eigenvalue weighted by Gasteiger charge is -2.11. The Labute approximate surface area is 113 Å². The number of ether oxygens (including phenoxy) is 3. The third-order valence-corrected chi connectivity index (χ3v) is 2.48. The first-order valence-corrected chi connectivity index (χ1v) is 6.20. The number of carbonyl (C=O) groups excluding carboxylic acids is 1. The van der Waals surface area contributed by atoms with Crippen LogP contribution < -0.4 is 14.8 Å². The maximum absolute atomic E-state index is 11.9. The number of benzene rings is 1. The molecule has 106 valence electrons. The van der Waals surface area contributed by atoms with Crippen molar-refractivity contribution in [2.75, 3.05) is 27.4 Å². The van der Waals surface area contributed by atoms with E-state index in [1.807, 2.05) is 13.8 Å². The summed E-state index contributed by atoms with van der Waals surface area (Å²) in [5.74, 6) is 0.976. The van der Waals surface area contributed by atoms with E-state index in [4.69, 9.17) is 14.2 Å². The Kier molecular flexibility index (Phi) is 6.15. The highest BCUT2D eigenvalue weighted by atomic mass is 16.5. The van der Waals surface area contributed by atoms with Gasteiger partial charge in [0.15, 0.2) is 11.5 Å². The van der Waals surface area contributed by atoms with Crippen LogP contribution >= 0.6 is 0 Å². The summed E-state index contributed by atoms with van der Waals surface area (Å²) in [4.78, 5) is 11.9. The minimum absolute atomic E-state index is 0.159. The standard InChI is InChI=1S/C14H21NO4/c1-10(2)19-8-7-15-14(16)11-5-6-12(17-3)13(9-11)18-4/h5-6,9-10H,7-8H2,1-4H3,(H,15,16). The summed E-state index contributed by atoms with van der Waals surface area (Å²) in [6.07, 6.45) is 0.165. The number of nitrogens with one attached hydrogen (secondary N) is 1. The van der Waals surface area contributed by atoms with Crippen LogP contribution in [0.25, 0.3) is 0 Å². The lowest BCUT2D eigenvalue weighted by atomic mass is 10.2. The molecule has 0 bridgehead atoms. The molecule has 1 rings (SSSR count). The predicted molar refractivity (Wildman–Crippen MR) is 73.0 cm³/mol. The quantitative estimate of drug-likeness (QED) is 0.766. The van der Waals surface area contributed by atoms with Crippen molar-refractivity contribution in [3.05, 3.63) is 23.8 Å². The van der Waals surface area contributed by atoms with E-state index in [0.29, 0.717) is 30.2 Å². The van der Waals surface area contributed by atoms with Gasteiger partial charge in [0, 0.05) is 12.1 Å². The van der Waals surface area contributed by atoms with E-state index in [0.717, 1.165) is 0 Å². The van der Waals surface area contributed by atoms with E-state index >= 15 is 0 Å². The molecule has 0 radical (unpaired) electrons. The number of amides is 1. The van der Waals surface area contributed by atoms with Crippen molar-refractivity contribution in [2.24, 2.45) is 0 Å². The van der Waals surface area contributed by atoms with Gasteiger partial charge in [-0.15, -0.1) is 0 Å². The second kappa shape index (κ2) is 7.63. The third kappa shape index (κ3) is 4.79. The van der Waals surface area contributed by atoms with Gasteiger partial charge in [-0.05, 0) is 32.0 Å². The molecular weight excluding hydrogens is 246 g/mol. The summed E-state index contributed by atoms with van der Waals surface area (Å²) in [5, 5.41) is 2.78. The largest absolute Gasteiger partial charge is 0.493 e. The van der Waals surface area contributed by atoms with Crippen molar-refractivity contribution in [2.45, 2.75) is 20.0 Å². The van der Waals surface area contributed by atoms with Gasteiger partial charge >= 0.3 is 0 Å². The van der Waals surface area contributed by atoms with Crippen LogP contribution in [0.4, 0.5) is 0 Å². The van der Waals surface area contributed by atoms with Crippen LogP contribution in [-0.4, -0.2) is 39.4 Å². The summed E-state index contributed by atoms with van der Waals surface area (Å²) >= 11 is 0. The monoisotopic (exact) mass is 267 g/mol. The van der Waals surface area contributed by atoms with Gasteiger partial charge in [0.1, 0.15) is 0 Å². The first-order valence-electron chi connectivity index (χ1n) is 6.20. The summed E-state index contributed by atoms with van der Waals surface area (Å²) in [6, 6.07) is 5.05. The zero-order valence-electron chi connectivity index (χ0n) is 11.9. The minimum Gasteiger partial charge on any atom is -0.493 e. The van der Waals surface area contributed by atoms with Crippen LogP contribution in [0.1, 0.15) is 24.2 Å². The van der Waals surface area contributed by atoms with Crippen molar-refractivity contribution in [3.63, 3.8) is 0 Å². The Morgan fingerprint density at radius 2 is 1.89 bits per heavy atom. The zero-order valence-corrected chi connectivity index (χ0v) is 11.9. The molecule has 0 atom stereocenters. The predicted octanol–water partition coefficient (Wildman–Crippen LogP) is 1.86. The highest BCUT2D eigenvalue weighted by Gasteiger charge is 2.10. The SMILES string of the molecule is COc1ccc(C(=O)NCCOC(C)C)cc1OC. The minimum atomic E-state index is -0.159. The van der Waals surface area contributed by atoms with Gasteiger partial charge in [0.25, 0.3) is 5.91 Å². The van der Waals surface area contributed by atoms with Gasteiger partial charge in [-0.3, -0.25) is 4.79 Å². The summed E-state index contributed by atoms with van der Waals surface area (Å²) in [7, 11) is 3.09.